The van der Waals surface area contributed by atoms with E-state index in [9.17, 15) is 10.1 Å². The van der Waals surface area contributed by atoms with E-state index in [1.807, 2.05) is 0 Å². The number of hydrogen-bond donors (Lipinski definition) is 0. The van der Waals surface area contributed by atoms with Crippen molar-refractivity contribution in [2.75, 3.05) is 0 Å². The first-order chi connectivity index (χ1) is 7.25. The van der Waals surface area contributed by atoms with Gasteiger partial charge in [0.2, 0.25) is 5.52 Å². The highest BCUT2D eigenvalue weighted by Gasteiger charge is 2.13. The fourth-order valence-corrected chi connectivity index (χ4v) is 1.50. The number of nitro groups is 1. The van der Waals surface area contributed by atoms with Crippen LogP contribution in [0.5, 0.6) is 0 Å². The quantitative estimate of drug-likeness (QED) is 0.315. The molecule has 74 valence electrons. The topological polar surface area (TPSA) is 78.6 Å². The second-order valence-electron chi connectivity index (χ2n) is 3.05. The molecule has 3 rings (SSSR count). The minimum absolute atomic E-state index is 0.0351. The third-order valence-electron chi connectivity index (χ3n) is 2.17. The molecule has 7 heteroatoms. The van der Waals surface area contributed by atoms with Crippen LogP contribution in [0.3, 0.4) is 0 Å². The highest BCUT2D eigenvalue weighted by Crippen LogP contribution is 2.15. The van der Waals surface area contributed by atoms with E-state index in [1.54, 1.807) is 18.5 Å². The van der Waals surface area contributed by atoms with Gasteiger partial charge in [-0.25, -0.2) is 0 Å². The van der Waals surface area contributed by atoms with Crippen molar-refractivity contribution in [1.82, 2.24) is 14.8 Å². The second kappa shape index (κ2) is 2.53. The minimum atomic E-state index is -0.438. The number of aromatic nitrogens is 4. The molecule has 0 N–H and O–H groups in total. The van der Waals surface area contributed by atoms with Gasteiger partial charge < -0.3 is 0 Å². The zero-order valence-electron chi connectivity index (χ0n) is 7.44. The SMILES string of the molecule is O=[N+]([O-])c1ccc2nn3cc[n-][n+]3c2c1. The molecule has 0 aliphatic carbocycles. The Labute approximate surface area is 82.7 Å². The predicted octanol–water partition coefficient (Wildman–Crippen LogP) is -0.0616. The Hall–Kier alpha value is -2.44. The van der Waals surface area contributed by atoms with Crippen LogP contribution in [0.15, 0.2) is 30.6 Å². The summed E-state index contributed by atoms with van der Waals surface area (Å²) in [6, 6.07) is 4.49. The maximum absolute atomic E-state index is 10.6. The van der Waals surface area contributed by atoms with E-state index in [4.69, 9.17) is 0 Å². The summed E-state index contributed by atoms with van der Waals surface area (Å²) in [6.07, 6.45) is 3.25. The molecule has 0 spiro atoms. The Morgan fingerprint density at radius 3 is 3.20 bits per heavy atom. The molecule has 0 aliphatic rings. The summed E-state index contributed by atoms with van der Waals surface area (Å²) in [4.78, 5) is 10.2. The van der Waals surface area contributed by atoms with Crippen molar-refractivity contribution in [2.24, 2.45) is 0 Å². The Balaban J connectivity index is 2.44. The molecule has 2 aromatic heterocycles. The van der Waals surface area contributed by atoms with Crippen molar-refractivity contribution in [2.45, 2.75) is 0 Å². The molecule has 0 radical (unpaired) electrons. The van der Waals surface area contributed by atoms with Gasteiger partial charge in [-0.15, -0.1) is 4.63 Å². The molecule has 0 bridgehead atoms. The number of rotatable bonds is 1. The lowest BCUT2D eigenvalue weighted by atomic mass is 10.3. The van der Waals surface area contributed by atoms with E-state index in [0.29, 0.717) is 11.0 Å². The van der Waals surface area contributed by atoms with Crippen LogP contribution < -0.4 is 9.73 Å². The summed E-state index contributed by atoms with van der Waals surface area (Å²) in [6.45, 7) is 0. The smallest absolute Gasteiger partial charge is 0.274 e. The van der Waals surface area contributed by atoms with Crippen LogP contribution in [-0.4, -0.2) is 14.7 Å². The maximum atomic E-state index is 10.6. The lowest BCUT2D eigenvalue weighted by molar-refractivity contribution is -0.658. The normalized spacial score (nSPS) is 11.2. The van der Waals surface area contributed by atoms with Gasteiger partial charge in [0.15, 0.2) is 5.52 Å². The molecule has 0 saturated heterocycles. The van der Waals surface area contributed by atoms with Crippen LogP contribution in [-0.2, 0) is 0 Å². The van der Waals surface area contributed by atoms with Crippen molar-refractivity contribution < 1.29 is 9.55 Å². The number of hydrogen-bond acceptors (Lipinski definition) is 3. The Morgan fingerprint density at radius 1 is 1.53 bits per heavy atom. The molecule has 1 aromatic carbocycles. The Morgan fingerprint density at radius 2 is 2.40 bits per heavy atom. The number of benzene rings is 1. The van der Waals surface area contributed by atoms with Crippen LogP contribution in [0, 0.1) is 10.1 Å². The summed E-state index contributed by atoms with van der Waals surface area (Å²) < 4.78 is 3.02. The van der Waals surface area contributed by atoms with Crippen LogP contribution in [0.1, 0.15) is 0 Å². The zero-order chi connectivity index (χ0) is 10.4. The summed E-state index contributed by atoms with van der Waals surface area (Å²) in [7, 11) is 0. The molecular formula is C8H5N5O2. The highest BCUT2D eigenvalue weighted by molar-refractivity contribution is 5.73. The molecule has 15 heavy (non-hydrogen) atoms. The van der Waals surface area contributed by atoms with Gasteiger partial charge in [0.1, 0.15) is 0 Å². The van der Waals surface area contributed by atoms with Crippen LogP contribution in [0.25, 0.3) is 11.0 Å². The Kier molecular flexibility index (Phi) is 1.34. The second-order valence-corrected chi connectivity index (χ2v) is 3.05. The third kappa shape index (κ3) is 0.997. The van der Waals surface area contributed by atoms with Crippen LogP contribution >= 0.6 is 0 Å². The summed E-state index contributed by atoms with van der Waals surface area (Å²) in [5.41, 5.74) is 1.33. The van der Waals surface area contributed by atoms with Crippen molar-refractivity contribution in [3.8, 4) is 0 Å². The Bertz CT molecular complexity index is 668. The zero-order valence-corrected chi connectivity index (χ0v) is 7.44. The molecule has 0 amide bonds. The molecule has 3 aromatic rings. The lowest BCUT2D eigenvalue weighted by Crippen LogP contribution is -2.30. The van der Waals surface area contributed by atoms with Crippen LogP contribution in [0.2, 0.25) is 0 Å². The highest BCUT2D eigenvalue weighted by atomic mass is 16.6. The van der Waals surface area contributed by atoms with Crippen molar-refractivity contribution in [3.63, 3.8) is 0 Å². The van der Waals surface area contributed by atoms with Crippen molar-refractivity contribution in [3.05, 3.63) is 40.7 Å². The van der Waals surface area contributed by atoms with E-state index < -0.39 is 4.92 Å². The summed E-state index contributed by atoms with van der Waals surface area (Å²) >= 11 is 0. The minimum Gasteiger partial charge on any atom is -0.279 e. The largest absolute Gasteiger partial charge is 0.279 e. The molecule has 0 saturated carbocycles. The van der Waals surface area contributed by atoms with Crippen molar-refractivity contribution in [1.29, 1.82) is 0 Å². The fourth-order valence-electron chi connectivity index (χ4n) is 1.50. The predicted molar refractivity (Wildman–Crippen MR) is 48.3 cm³/mol. The number of nitro benzene ring substituents is 1. The first-order valence-corrected chi connectivity index (χ1v) is 4.22. The molecule has 0 fully saturated rings. The molecule has 0 unspecified atom stereocenters. The van der Waals surface area contributed by atoms with E-state index in [0.717, 1.165) is 0 Å². The molecule has 0 aliphatic heterocycles. The lowest BCUT2D eigenvalue weighted by Gasteiger charge is -1.88. The maximum Gasteiger partial charge on any atom is 0.274 e. The van der Waals surface area contributed by atoms with E-state index in [2.05, 4.69) is 10.2 Å². The van der Waals surface area contributed by atoms with Gasteiger partial charge in [-0.05, 0) is 11.3 Å². The van der Waals surface area contributed by atoms with Gasteiger partial charge in [0.25, 0.3) is 5.69 Å². The molecule has 2 heterocycles. The standard InChI is InChI=1S/C8H5N5O2/c14-13(15)6-1-2-7-8(5-6)12-9-3-4-11(12)10-7/h1-5H. The number of fused-ring (bicyclic) bond motifs is 3. The summed E-state index contributed by atoms with van der Waals surface area (Å²) in [5, 5.41) is 18.8. The summed E-state index contributed by atoms with van der Waals surface area (Å²) in [5.74, 6) is 0. The van der Waals surface area contributed by atoms with Gasteiger partial charge in [0, 0.05) is 18.3 Å². The number of non-ortho nitro benzene ring substituents is 1. The van der Waals surface area contributed by atoms with Gasteiger partial charge in [-0.1, -0.05) is 0 Å². The molecule has 7 nitrogen and oxygen atoms in total. The first kappa shape index (κ1) is 7.92. The van der Waals surface area contributed by atoms with E-state index in [-0.39, 0.29) is 5.69 Å². The average Bonchev–Trinajstić information content (AvgIpc) is 2.75. The fraction of sp³-hybridized carbons (Fsp3) is 0. The van der Waals surface area contributed by atoms with E-state index >= 15 is 0 Å². The van der Waals surface area contributed by atoms with Gasteiger partial charge in [-0.3, -0.25) is 15.2 Å². The van der Waals surface area contributed by atoms with Gasteiger partial charge >= 0.3 is 0 Å². The van der Waals surface area contributed by atoms with Crippen LogP contribution in [0.4, 0.5) is 5.69 Å². The van der Waals surface area contributed by atoms with E-state index in [1.165, 1.54) is 21.4 Å². The van der Waals surface area contributed by atoms with Crippen molar-refractivity contribution >= 4 is 16.7 Å². The first-order valence-electron chi connectivity index (χ1n) is 4.22. The number of nitrogens with zero attached hydrogens (tertiary/aromatic N) is 5. The molecule has 0 atom stereocenters. The van der Waals surface area contributed by atoms with Gasteiger partial charge in [-0.2, -0.15) is 4.63 Å². The monoisotopic (exact) mass is 203 g/mol. The third-order valence-corrected chi connectivity index (χ3v) is 2.17. The van der Waals surface area contributed by atoms with Gasteiger partial charge in [0.05, 0.1) is 11.0 Å². The molecular weight excluding hydrogens is 198 g/mol. The average molecular weight is 203 g/mol.